The number of hydrogen-bond acceptors (Lipinski definition) is 8. The molecule has 0 unspecified atom stereocenters. The summed E-state index contributed by atoms with van der Waals surface area (Å²) in [5.41, 5.74) is 5.34. The Morgan fingerprint density at radius 3 is 2.76 bits per heavy atom. The number of fused-ring (bicyclic) bond motifs is 3. The molecule has 0 spiro atoms. The molecule has 12 heteroatoms. The van der Waals surface area contributed by atoms with Gasteiger partial charge in [0.15, 0.2) is 11.5 Å². The van der Waals surface area contributed by atoms with Crippen LogP contribution in [-0.4, -0.2) is 65.3 Å². The molecule has 2 fully saturated rings. The van der Waals surface area contributed by atoms with Gasteiger partial charge in [-0.05, 0) is 18.9 Å². The number of halogens is 1. The number of ether oxygens (including phenoxy) is 1. The number of aromatic nitrogens is 4. The summed E-state index contributed by atoms with van der Waals surface area (Å²) in [6.45, 7) is 2.06. The van der Waals surface area contributed by atoms with Crippen molar-refractivity contribution in [2.24, 2.45) is 5.92 Å². The van der Waals surface area contributed by atoms with Gasteiger partial charge in [0.2, 0.25) is 5.91 Å². The van der Waals surface area contributed by atoms with Crippen LogP contribution < -0.4 is 20.9 Å². The van der Waals surface area contributed by atoms with E-state index in [-0.39, 0.29) is 24.0 Å². The molecule has 37 heavy (non-hydrogen) atoms. The third-order valence-electron chi connectivity index (χ3n) is 7.05. The van der Waals surface area contributed by atoms with Gasteiger partial charge >= 0.3 is 0 Å². The number of nitrogens with zero attached hydrogens (tertiary/aromatic N) is 5. The zero-order valence-electron chi connectivity index (χ0n) is 20.5. The lowest BCUT2D eigenvalue weighted by molar-refractivity contribution is -0.117. The number of para-hydroxylation sites is 1. The van der Waals surface area contributed by atoms with Gasteiger partial charge in [0.25, 0.3) is 5.91 Å². The summed E-state index contributed by atoms with van der Waals surface area (Å²) in [6, 6.07) is 7.67. The third-order valence-corrected chi connectivity index (χ3v) is 7.05. The predicted molar refractivity (Wildman–Crippen MR) is 135 cm³/mol. The van der Waals surface area contributed by atoms with E-state index < -0.39 is 23.9 Å². The van der Waals surface area contributed by atoms with Crippen LogP contribution in [0.1, 0.15) is 35.1 Å². The maximum Gasteiger partial charge on any atom is 0.273 e. The third kappa shape index (κ3) is 4.16. The summed E-state index contributed by atoms with van der Waals surface area (Å²) in [7, 11) is 3.51. The predicted octanol–water partition coefficient (Wildman–Crippen LogP) is 2.65. The van der Waals surface area contributed by atoms with Gasteiger partial charge in [-0.25, -0.2) is 4.39 Å². The van der Waals surface area contributed by atoms with Crippen LogP contribution in [0.2, 0.25) is 0 Å². The van der Waals surface area contributed by atoms with Crippen LogP contribution in [0.5, 0.6) is 0 Å². The lowest BCUT2D eigenvalue weighted by atomic mass is 9.97. The van der Waals surface area contributed by atoms with Crippen molar-refractivity contribution in [3.63, 3.8) is 0 Å². The first-order chi connectivity index (χ1) is 17.9. The van der Waals surface area contributed by atoms with E-state index in [9.17, 15) is 14.0 Å². The standard InChI is InChI=1S/C25H27FN8O3/c1-27-25(36)22-19(9-21(31-32-22)30-24(35)15-8-17(15)26)29-18-5-3-4-14-16-10-28-34(13-6-7-37-12-13)20(16)11-33(2)23(14)18/h3-5,9-10,13,15,17H,6-8,11-12H2,1-2H3,(H,27,36)(H2,29,30,31,35)/t13-,15-,17+/m1/s1. The lowest BCUT2D eigenvalue weighted by Crippen LogP contribution is -2.26. The molecule has 2 amide bonds. The first kappa shape index (κ1) is 23.3. The Kier molecular flexibility index (Phi) is 5.75. The Morgan fingerprint density at radius 1 is 1.19 bits per heavy atom. The molecule has 3 atom stereocenters. The van der Waals surface area contributed by atoms with Crippen LogP contribution in [-0.2, 0) is 16.1 Å². The quantitative estimate of drug-likeness (QED) is 0.466. The number of anilines is 4. The number of benzene rings is 1. The lowest BCUT2D eigenvalue weighted by Gasteiger charge is -2.31. The average molecular weight is 507 g/mol. The molecule has 11 nitrogen and oxygen atoms in total. The molecular formula is C25H27FN8O3. The second-order valence-electron chi connectivity index (χ2n) is 9.57. The minimum atomic E-state index is -1.13. The molecule has 3 N–H and O–H groups in total. The molecule has 0 bridgehead atoms. The first-order valence-corrected chi connectivity index (χ1v) is 12.2. The molecule has 1 saturated heterocycles. The number of alkyl halides is 1. The van der Waals surface area contributed by atoms with Gasteiger partial charge in [0.05, 0.1) is 54.1 Å². The molecule has 2 aromatic heterocycles. The number of carbonyl (C=O) groups excluding carboxylic acids is 2. The molecule has 1 saturated carbocycles. The fourth-order valence-electron chi connectivity index (χ4n) is 5.01. The zero-order chi connectivity index (χ0) is 25.7. The van der Waals surface area contributed by atoms with E-state index in [0.29, 0.717) is 18.8 Å². The second kappa shape index (κ2) is 9.11. The normalized spacial score (nSPS) is 21.7. The van der Waals surface area contributed by atoms with Crippen LogP contribution in [0, 0.1) is 5.92 Å². The average Bonchev–Trinajstić information content (AvgIpc) is 3.23. The van der Waals surface area contributed by atoms with E-state index >= 15 is 0 Å². The van der Waals surface area contributed by atoms with Gasteiger partial charge in [-0.2, -0.15) is 5.10 Å². The summed E-state index contributed by atoms with van der Waals surface area (Å²) in [6.07, 6.45) is 1.92. The molecule has 1 aliphatic carbocycles. The minimum Gasteiger partial charge on any atom is -0.379 e. The first-order valence-electron chi connectivity index (χ1n) is 12.2. The van der Waals surface area contributed by atoms with E-state index in [2.05, 4.69) is 35.7 Å². The van der Waals surface area contributed by atoms with Crippen molar-refractivity contribution in [1.29, 1.82) is 0 Å². The van der Waals surface area contributed by atoms with Crippen LogP contribution >= 0.6 is 0 Å². The van der Waals surface area contributed by atoms with E-state index in [1.807, 2.05) is 31.4 Å². The summed E-state index contributed by atoms with van der Waals surface area (Å²) < 4.78 is 21.0. The summed E-state index contributed by atoms with van der Waals surface area (Å²) in [5.74, 6) is -1.41. The highest BCUT2D eigenvalue weighted by Gasteiger charge is 2.43. The Morgan fingerprint density at radius 2 is 2.03 bits per heavy atom. The highest BCUT2D eigenvalue weighted by atomic mass is 19.1. The largest absolute Gasteiger partial charge is 0.379 e. The Labute approximate surface area is 212 Å². The van der Waals surface area contributed by atoms with Crippen LogP contribution in [0.25, 0.3) is 11.1 Å². The summed E-state index contributed by atoms with van der Waals surface area (Å²) in [4.78, 5) is 26.9. The van der Waals surface area contributed by atoms with Crippen LogP contribution in [0.15, 0.2) is 30.5 Å². The molecule has 6 rings (SSSR count). The molecule has 192 valence electrons. The van der Waals surface area contributed by atoms with Crippen molar-refractivity contribution in [3.8, 4) is 11.1 Å². The topological polar surface area (TPSA) is 126 Å². The van der Waals surface area contributed by atoms with Gasteiger partial charge in [-0.3, -0.25) is 14.3 Å². The van der Waals surface area contributed by atoms with Gasteiger partial charge in [-0.1, -0.05) is 12.1 Å². The van der Waals surface area contributed by atoms with Crippen LogP contribution in [0.4, 0.5) is 27.3 Å². The maximum absolute atomic E-state index is 13.3. The Bertz CT molecular complexity index is 1390. The molecular weight excluding hydrogens is 479 g/mol. The summed E-state index contributed by atoms with van der Waals surface area (Å²) in [5, 5.41) is 21.2. The monoisotopic (exact) mass is 506 g/mol. The van der Waals surface area contributed by atoms with Gasteiger partial charge < -0.3 is 25.6 Å². The van der Waals surface area contributed by atoms with Crippen molar-refractivity contribution in [2.75, 3.05) is 42.8 Å². The molecule has 1 aromatic carbocycles. The van der Waals surface area contributed by atoms with Crippen molar-refractivity contribution >= 4 is 34.7 Å². The van der Waals surface area contributed by atoms with E-state index in [0.717, 1.165) is 41.2 Å². The molecule has 2 aliphatic heterocycles. The number of amides is 2. The Hall–Kier alpha value is -4.06. The fraction of sp³-hybridized carbons (Fsp3) is 0.400. The van der Waals surface area contributed by atoms with Gasteiger partial charge in [-0.15, -0.1) is 10.2 Å². The fourth-order valence-corrected chi connectivity index (χ4v) is 5.01. The SMILES string of the molecule is CNC(=O)c1nnc(NC(=O)[C@@H]2C[C@@H]2F)cc1Nc1cccc2c1N(C)Cc1c-2cnn1[C@@H]1CCOC1. The van der Waals surface area contributed by atoms with Crippen molar-refractivity contribution < 1.29 is 18.7 Å². The van der Waals surface area contributed by atoms with Gasteiger partial charge in [0, 0.05) is 37.9 Å². The van der Waals surface area contributed by atoms with Crippen molar-refractivity contribution in [2.45, 2.75) is 31.6 Å². The highest BCUT2D eigenvalue weighted by molar-refractivity contribution is 6.01. The number of nitrogens with one attached hydrogen (secondary N) is 3. The highest BCUT2D eigenvalue weighted by Crippen LogP contribution is 2.45. The number of rotatable bonds is 6. The number of carbonyl (C=O) groups is 2. The molecule has 3 aromatic rings. The smallest absolute Gasteiger partial charge is 0.273 e. The molecule has 4 heterocycles. The van der Waals surface area contributed by atoms with E-state index in [1.54, 1.807) is 0 Å². The zero-order valence-corrected chi connectivity index (χ0v) is 20.5. The van der Waals surface area contributed by atoms with E-state index in [1.165, 1.54) is 13.1 Å². The second-order valence-corrected chi connectivity index (χ2v) is 9.57. The van der Waals surface area contributed by atoms with Crippen molar-refractivity contribution in [1.82, 2.24) is 25.3 Å². The minimum absolute atomic E-state index is 0.0705. The maximum atomic E-state index is 13.3. The van der Waals surface area contributed by atoms with Gasteiger partial charge in [0.1, 0.15) is 6.17 Å². The summed E-state index contributed by atoms with van der Waals surface area (Å²) >= 11 is 0. The van der Waals surface area contributed by atoms with Crippen molar-refractivity contribution in [3.05, 3.63) is 41.9 Å². The molecule has 3 aliphatic rings. The van der Waals surface area contributed by atoms with E-state index in [4.69, 9.17) is 9.84 Å². The Balaban J connectivity index is 1.35. The van der Waals surface area contributed by atoms with Crippen LogP contribution in [0.3, 0.4) is 0 Å². The molecule has 0 radical (unpaired) electrons. The number of hydrogen-bond donors (Lipinski definition) is 3.